The Morgan fingerprint density at radius 1 is 1.10 bits per heavy atom. The fourth-order valence-corrected chi connectivity index (χ4v) is 4.40. The van der Waals surface area contributed by atoms with Crippen LogP contribution in [0.25, 0.3) is 0 Å². The van der Waals surface area contributed by atoms with Gasteiger partial charge in [0.1, 0.15) is 0 Å². The van der Waals surface area contributed by atoms with E-state index in [1.807, 2.05) is 0 Å². The first-order valence-corrected chi connectivity index (χ1v) is 8.70. The van der Waals surface area contributed by atoms with E-state index in [0.29, 0.717) is 23.3 Å². The zero-order valence-corrected chi connectivity index (χ0v) is 13.0. The first-order valence-electron chi connectivity index (χ1n) is 7.22. The molecule has 1 aromatic carbocycles. The molecule has 0 saturated heterocycles. The standard InChI is InChI=1S/C15H24N2O2S/c1-11-7-12(2)9-14(8-11)17-20(18,19)15-5-3-13(10-16)4-6-15/h3-6,11-12,14,17H,7-10,16H2,1-2H3. The van der Waals surface area contributed by atoms with Gasteiger partial charge in [0.05, 0.1) is 4.90 Å². The Morgan fingerprint density at radius 2 is 1.65 bits per heavy atom. The number of sulfonamides is 1. The Kier molecular flexibility index (Phi) is 4.83. The lowest BCUT2D eigenvalue weighted by molar-refractivity contribution is 0.257. The van der Waals surface area contributed by atoms with Gasteiger partial charge in [-0.3, -0.25) is 0 Å². The Bertz CT molecular complexity index is 529. The minimum absolute atomic E-state index is 0.0490. The molecule has 3 N–H and O–H groups in total. The van der Waals surface area contributed by atoms with Crippen LogP contribution in [0.15, 0.2) is 29.2 Å². The molecule has 2 unspecified atom stereocenters. The second-order valence-corrected chi connectivity index (χ2v) is 7.80. The van der Waals surface area contributed by atoms with Gasteiger partial charge in [-0.15, -0.1) is 0 Å². The topological polar surface area (TPSA) is 72.2 Å². The van der Waals surface area contributed by atoms with Crippen LogP contribution in [0.5, 0.6) is 0 Å². The van der Waals surface area contributed by atoms with E-state index in [1.54, 1.807) is 24.3 Å². The fourth-order valence-electron chi connectivity index (χ4n) is 3.14. The average Bonchev–Trinajstić information content (AvgIpc) is 2.37. The monoisotopic (exact) mass is 296 g/mol. The molecule has 1 aromatic rings. The summed E-state index contributed by atoms with van der Waals surface area (Å²) < 4.78 is 27.6. The number of rotatable bonds is 4. The smallest absolute Gasteiger partial charge is 0.240 e. The van der Waals surface area contributed by atoms with Gasteiger partial charge in [0.15, 0.2) is 0 Å². The summed E-state index contributed by atoms with van der Waals surface area (Å²) >= 11 is 0. The molecule has 2 atom stereocenters. The highest BCUT2D eigenvalue weighted by molar-refractivity contribution is 7.89. The maximum atomic E-state index is 12.4. The molecule has 1 saturated carbocycles. The van der Waals surface area contributed by atoms with Gasteiger partial charge >= 0.3 is 0 Å². The molecule has 0 spiro atoms. The summed E-state index contributed by atoms with van der Waals surface area (Å²) in [6, 6.07) is 6.83. The van der Waals surface area contributed by atoms with E-state index in [9.17, 15) is 8.42 Å². The fraction of sp³-hybridized carbons (Fsp3) is 0.600. The molecule has 1 aliphatic carbocycles. The van der Waals surface area contributed by atoms with Crippen LogP contribution < -0.4 is 10.5 Å². The SMILES string of the molecule is CC1CC(C)CC(NS(=O)(=O)c2ccc(CN)cc2)C1. The molecule has 0 heterocycles. The van der Waals surface area contributed by atoms with Crippen molar-refractivity contribution in [2.24, 2.45) is 17.6 Å². The van der Waals surface area contributed by atoms with Gasteiger partial charge in [0.25, 0.3) is 0 Å². The van der Waals surface area contributed by atoms with Gasteiger partial charge in [-0.25, -0.2) is 13.1 Å². The van der Waals surface area contributed by atoms with Crippen molar-refractivity contribution in [3.8, 4) is 0 Å². The van der Waals surface area contributed by atoms with Gasteiger partial charge in [0.2, 0.25) is 10.0 Å². The number of hydrogen-bond donors (Lipinski definition) is 2. The highest BCUT2D eigenvalue weighted by Gasteiger charge is 2.27. The quantitative estimate of drug-likeness (QED) is 0.895. The van der Waals surface area contributed by atoms with Crippen LogP contribution in [0.2, 0.25) is 0 Å². The van der Waals surface area contributed by atoms with Crippen molar-refractivity contribution >= 4 is 10.0 Å². The third kappa shape index (κ3) is 3.81. The van der Waals surface area contributed by atoms with Crippen molar-refractivity contribution in [1.82, 2.24) is 4.72 Å². The second kappa shape index (κ2) is 6.24. The largest absolute Gasteiger partial charge is 0.326 e. The third-order valence-corrected chi connectivity index (χ3v) is 5.51. The van der Waals surface area contributed by atoms with Crippen LogP contribution in [0.3, 0.4) is 0 Å². The molecular formula is C15H24N2O2S. The second-order valence-electron chi connectivity index (χ2n) is 6.08. The molecule has 0 amide bonds. The van der Waals surface area contributed by atoms with Gasteiger partial charge in [-0.2, -0.15) is 0 Å². The number of nitrogens with two attached hydrogens (primary N) is 1. The molecule has 0 aliphatic heterocycles. The summed E-state index contributed by atoms with van der Waals surface area (Å²) in [5, 5.41) is 0. The summed E-state index contributed by atoms with van der Waals surface area (Å²) in [7, 11) is -3.42. The summed E-state index contributed by atoms with van der Waals surface area (Å²) in [6.07, 6.45) is 3.03. The van der Waals surface area contributed by atoms with Crippen LogP contribution >= 0.6 is 0 Å². The predicted octanol–water partition coefficient (Wildman–Crippen LogP) is 2.25. The van der Waals surface area contributed by atoms with Crippen LogP contribution in [-0.2, 0) is 16.6 Å². The Morgan fingerprint density at radius 3 is 2.15 bits per heavy atom. The van der Waals surface area contributed by atoms with Gasteiger partial charge in [0, 0.05) is 12.6 Å². The van der Waals surface area contributed by atoms with Crippen LogP contribution in [0.4, 0.5) is 0 Å². The van der Waals surface area contributed by atoms with Crippen molar-refractivity contribution in [2.45, 2.75) is 50.6 Å². The first kappa shape index (κ1) is 15.5. The van der Waals surface area contributed by atoms with Crippen LogP contribution in [0, 0.1) is 11.8 Å². The van der Waals surface area contributed by atoms with Crippen LogP contribution in [0.1, 0.15) is 38.7 Å². The summed E-state index contributed by atoms with van der Waals surface area (Å²) in [5.74, 6) is 1.15. The maximum Gasteiger partial charge on any atom is 0.240 e. The highest BCUT2D eigenvalue weighted by atomic mass is 32.2. The van der Waals surface area contributed by atoms with Crippen molar-refractivity contribution in [2.75, 3.05) is 0 Å². The Balaban J connectivity index is 2.09. The lowest BCUT2D eigenvalue weighted by atomic mass is 9.81. The molecule has 0 aromatic heterocycles. The maximum absolute atomic E-state index is 12.4. The highest BCUT2D eigenvalue weighted by Crippen LogP contribution is 2.29. The summed E-state index contributed by atoms with van der Waals surface area (Å²) in [4.78, 5) is 0.320. The normalized spacial score (nSPS) is 27.4. The van der Waals surface area contributed by atoms with E-state index >= 15 is 0 Å². The van der Waals surface area contributed by atoms with E-state index in [2.05, 4.69) is 18.6 Å². The molecule has 0 bridgehead atoms. The molecule has 5 heteroatoms. The summed E-state index contributed by atoms with van der Waals surface area (Å²) in [6.45, 7) is 4.80. The first-order chi connectivity index (χ1) is 9.40. The Hall–Kier alpha value is -0.910. The number of nitrogens with one attached hydrogen (secondary N) is 1. The van der Waals surface area contributed by atoms with E-state index in [-0.39, 0.29) is 6.04 Å². The molecule has 112 valence electrons. The molecule has 20 heavy (non-hydrogen) atoms. The molecule has 1 aliphatic rings. The van der Waals surface area contributed by atoms with E-state index in [1.165, 1.54) is 6.42 Å². The lowest BCUT2D eigenvalue weighted by Gasteiger charge is -2.31. The average molecular weight is 296 g/mol. The molecule has 1 fully saturated rings. The van der Waals surface area contributed by atoms with E-state index in [0.717, 1.165) is 18.4 Å². The lowest BCUT2D eigenvalue weighted by Crippen LogP contribution is -2.39. The van der Waals surface area contributed by atoms with Gasteiger partial charge in [-0.1, -0.05) is 26.0 Å². The predicted molar refractivity (Wildman–Crippen MR) is 80.6 cm³/mol. The molecule has 4 nitrogen and oxygen atoms in total. The van der Waals surface area contributed by atoms with Crippen molar-refractivity contribution < 1.29 is 8.42 Å². The van der Waals surface area contributed by atoms with E-state index in [4.69, 9.17) is 5.73 Å². The van der Waals surface area contributed by atoms with Gasteiger partial charge in [-0.05, 0) is 48.8 Å². The molecular weight excluding hydrogens is 272 g/mol. The zero-order chi connectivity index (χ0) is 14.8. The summed E-state index contributed by atoms with van der Waals surface area (Å²) in [5.41, 5.74) is 6.46. The van der Waals surface area contributed by atoms with Gasteiger partial charge < -0.3 is 5.73 Å². The minimum Gasteiger partial charge on any atom is -0.326 e. The molecule has 2 rings (SSSR count). The Labute approximate surface area is 121 Å². The van der Waals surface area contributed by atoms with Crippen molar-refractivity contribution in [3.05, 3.63) is 29.8 Å². The number of hydrogen-bond acceptors (Lipinski definition) is 3. The van der Waals surface area contributed by atoms with E-state index < -0.39 is 10.0 Å². The third-order valence-electron chi connectivity index (χ3n) is 3.97. The number of benzene rings is 1. The van der Waals surface area contributed by atoms with Crippen molar-refractivity contribution in [1.29, 1.82) is 0 Å². The van der Waals surface area contributed by atoms with Crippen LogP contribution in [-0.4, -0.2) is 14.5 Å². The minimum atomic E-state index is -3.42. The van der Waals surface area contributed by atoms with Crippen molar-refractivity contribution in [3.63, 3.8) is 0 Å². The molecule has 0 radical (unpaired) electrons. The zero-order valence-electron chi connectivity index (χ0n) is 12.2.